The molecule has 0 radical (unpaired) electrons. The van der Waals surface area contributed by atoms with Crippen LogP contribution in [-0.4, -0.2) is 54.1 Å². The number of hydrogen-bond donors (Lipinski definition) is 2. The van der Waals surface area contributed by atoms with E-state index >= 15 is 0 Å². The molecule has 0 spiro atoms. The van der Waals surface area contributed by atoms with Crippen molar-refractivity contribution in [1.82, 2.24) is 35.1 Å². The van der Waals surface area contributed by atoms with Gasteiger partial charge in [0.05, 0.1) is 17.5 Å². The Bertz CT molecular complexity index is 1220. The number of amides is 1. The number of carbonyl (C=O) groups excluding carboxylic acids is 1. The lowest BCUT2D eigenvalue weighted by Gasteiger charge is -2.32. The Hall–Kier alpha value is -3.75. The number of imidazole rings is 1. The van der Waals surface area contributed by atoms with Crippen LogP contribution in [0.1, 0.15) is 24.4 Å². The van der Waals surface area contributed by atoms with Gasteiger partial charge in [0.25, 0.3) is 0 Å². The second kappa shape index (κ2) is 7.58. The van der Waals surface area contributed by atoms with Crippen LogP contribution in [0.15, 0.2) is 53.3 Å². The number of carbonyl (C=O) groups is 1. The smallest absolute Gasteiger partial charge is 0.326 e. The number of aromatic amines is 2. The van der Waals surface area contributed by atoms with Gasteiger partial charge in [0.1, 0.15) is 0 Å². The van der Waals surface area contributed by atoms with E-state index in [1.54, 1.807) is 0 Å². The van der Waals surface area contributed by atoms with Crippen LogP contribution in [0.3, 0.4) is 0 Å². The molecule has 0 unspecified atom stereocenters. The van der Waals surface area contributed by atoms with E-state index in [-0.39, 0.29) is 17.6 Å². The molecule has 0 bridgehead atoms. The number of rotatable bonds is 4. The lowest BCUT2D eigenvalue weighted by molar-refractivity contribution is -0.131. The summed E-state index contributed by atoms with van der Waals surface area (Å²) >= 11 is 0. The van der Waals surface area contributed by atoms with E-state index in [0.717, 1.165) is 35.0 Å². The van der Waals surface area contributed by atoms with Crippen LogP contribution in [0, 0.1) is 0 Å². The summed E-state index contributed by atoms with van der Waals surface area (Å²) in [5.41, 5.74) is 3.49. The van der Waals surface area contributed by atoms with Crippen molar-refractivity contribution in [2.45, 2.75) is 25.3 Å². The maximum absolute atomic E-state index is 12.8. The van der Waals surface area contributed by atoms with Crippen molar-refractivity contribution >= 4 is 16.9 Å². The maximum atomic E-state index is 12.8. The van der Waals surface area contributed by atoms with E-state index in [4.69, 9.17) is 0 Å². The van der Waals surface area contributed by atoms with Crippen LogP contribution in [0.2, 0.25) is 0 Å². The average Bonchev–Trinajstić information content (AvgIpc) is 3.42. The minimum Gasteiger partial charge on any atom is -0.342 e. The molecule has 152 valence electrons. The molecule has 1 fully saturated rings. The molecule has 2 aromatic heterocycles. The third-order valence-electron chi connectivity index (χ3n) is 5.72. The maximum Gasteiger partial charge on any atom is 0.326 e. The number of tetrazole rings is 1. The van der Waals surface area contributed by atoms with Gasteiger partial charge in [-0.15, -0.1) is 10.2 Å². The average molecular weight is 403 g/mol. The van der Waals surface area contributed by atoms with Gasteiger partial charge in [0.2, 0.25) is 11.7 Å². The number of fused-ring (bicyclic) bond motifs is 1. The van der Waals surface area contributed by atoms with Gasteiger partial charge >= 0.3 is 5.69 Å². The zero-order valence-electron chi connectivity index (χ0n) is 16.3. The Morgan fingerprint density at radius 2 is 1.83 bits per heavy atom. The second-order valence-electron chi connectivity index (χ2n) is 7.54. The first-order chi connectivity index (χ1) is 14.7. The third-order valence-corrected chi connectivity index (χ3v) is 5.72. The summed E-state index contributed by atoms with van der Waals surface area (Å²) in [7, 11) is 0. The monoisotopic (exact) mass is 403 g/mol. The molecule has 2 aromatic carbocycles. The fourth-order valence-corrected chi connectivity index (χ4v) is 4.15. The minimum absolute atomic E-state index is 0.0809. The zero-order chi connectivity index (χ0) is 20.5. The summed E-state index contributed by atoms with van der Waals surface area (Å²) in [4.78, 5) is 30.0. The number of aromatic nitrogens is 6. The molecule has 0 aliphatic carbocycles. The van der Waals surface area contributed by atoms with Crippen LogP contribution in [0.25, 0.3) is 22.4 Å². The Morgan fingerprint density at radius 3 is 2.57 bits per heavy atom. The fourth-order valence-electron chi connectivity index (χ4n) is 4.15. The number of nitrogens with one attached hydrogen (secondary N) is 2. The number of likely N-dealkylation sites (tertiary alicyclic amines) is 1. The predicted octanol–water partition coefficient (Wildman–Crippen LogP) is 1.92. The van der Waals surface area contributed by atoms with Gasteiger partial charge in [-0.25, -0.2) is 4.79 Å². The molecular formula is C21H21N7O2. The van der Waals surface area contributed by atoms with Gasteiger partial charge in [0.15, 0.2) is 0 Å². The molecule has 5 rings (SSSR count). The predicted molar refractivity (Wildman–Crippen MR) is 111 cm³/mol. The fraction of sp³-hybridized carbons (Fsp3) is 0.286. The minimum atomic E-state index is -0.0809. The molecule has 9 nitrogen and oxygen atoms in total. The SMILES string of the molecule is O=C(Cc1ccc(-c2nn[nH]n2)cc1)N1CCC(n2c(=O)[nH]c3ccccc32)CC1. The molecule has 0 atom stereocenters. The Kier molecular flexibility index (Phi) is 4.62. The molecule has 1 aliphatic heterocycles. The van der Waals surface area contributed by atoms with Crippen molar-refractivity contribution in [3.63, 3.8) is 0 Å². The topological polar surface area (TPSA) is 113 Å². The number of nitrogens with zero attached hydrogens (tertiary/aromatic N) is 5. The number of para-hydroxylation sites is 2. The van der Waals surface area contributed by atoms with Gasteiger partial charge in [-0.2, -0.15) is 5.21 Å². The Labute approximate surface area is 171 Å². The molecule has 1 amide bonds. The largest absolute Gasteiger partial charge is 0.342 e. The standard InChI is InChI=1S/C21H21N7O2/c29-19(13-14-5-7-15(8-6-14)20-23-25-26-24-20)27-11-9-16(10-12-27)28-18-4-2-1-3-17(18)22-21(28)30/h1-8,16H,9-13H2,(H,22,30)(H,23,24,25,26). The number of hydrogen-bond acceptors (Lipinski definition) is 5. The molecule has 0 saturated carbocycles. The molecule has 3 heterocycles. The van der Waals surface area contributed by atoms with E-state index < -0.39 is 0 Å². The van der Waals surface area contributed by atoms with E-state index in [1.165, 1.54) is 0 Å². The van der Waals surface area contributed by atoms with Crippen LogP contribution in [-0.2, 0) is 11.2 Å². The first-order valence-electron chi connectivity index (χ1n) is 9.99. The van der Waals surface area contributed by atoms with Gasteiger partial charge in [-0.3, -0.25) is 9.36 Å². The molecule has 4 aromatic rings. The van der Waals surface area contributed by atoms with Crippen LogP contribution in [0.5, 0.6) is 0 Å². The van der Waals surface area contributed by atoms with Crippen molar-refractivity contribution in [3.05, 3.63) is 64.6 Å². The summed E-state index contributed by atoms with van der Waals surface area (Å²) in [5.74, 6) is 0.634. The molecule has 1 saturated heterocycles. The highest BCUT2D eigenvalue weighted by atomic mass is 16.2. The highest BCUT2D eigenvalue weighted by molar-refractivity contribution is 5.79. The van der Waals surface area contributed by atoms with Crippen LogP contribution < -0.4 is 5.69 Å². The lowest BCUT2D eigenvalue weighted by atomic mass is 10.0. The van der Waals surface area contributed by atoms with E-state index in [9.17, 15) is 9.59 Å². The van der Waals surface area contributed by atoms with Crippen molar-refractivity contribution in [1.29, 1.82) is 0 Å². The number of benzene rings is 2. The number of H-pyrrole nitrogens is 2. The van der Waals surface area contributed by atoms with Crippen LogP contribution in [0.4, 0.5) is 0 Å². The van der Waals surface area contributed by atoms with E-state index in [1.807, 2.05) is 58.0 Å². The van der Waals surface area contributed by atoms with E-state index in [0.29, 0.717) is 25.3 Å². The summed E-state index contributed by atoms with van der Waals surface area (Å²) in [6, 6.07) is 15.5. The molecular weight excluding hydrogens is 382 g/mol. The van der Waals surface area contributed by atoms with Gasteiger partial charge in [-0.05, 0) is 35.8 Å². The first kappa shape index (κ1) is 18.3. The van der Waals surface area contributed by atoms with Crippen LogP contribution >= 0.6 is 0 Å². The summed E-state index contributed by atoms with van der Waals surface area (Å²) < 4.78 is 1.84. The van der Waals surface area contributed by atoms with Gasteiger partial charge in [-0.1, -0.05) is 36.4 Å². The molecule has 30 heavy (non-hydrogen) atoms. The highest BCUT2D eigenvalue weighted by Crippen LogP contribution is 2.25. The zero-order valence-corrected chi connectivity index (χ0v) is 16.3. The first-order valence-corrected chi connectivity index (χ1v) is 9.99. The lowest BCUT2D eigenvalue weighted by Crippen LogP contribution is -2.41. The van der Waals surface area contributed by atoms with Crippen molar-refractivity contribution in [3.8, 4) is 11.4 Å². The van der Waals surface area contributed by atoms with Crippen molar-refractivity contribution < 1.29 is 4.79 Å². The summed E-state index contributed by atoms with van der Waals surface area (Å²) in [6.07, 6.45) is 1.89. The summed E-state index contributed by atoms with van der Waals surface area (Å²) in [6.45, 7) is 1.30. The van der Waals surface area contributed by atoms with Gasteiger partial charge < -0.3 is 9.88 Å². The van der Waals surface area contributed by atoms with Crippen molar-refractivity contribution in [2.24, 2.45) is 0 Å². The second-order valence-corrected chi connectivity index (χ2v) is 7.54. The summed E-state index contributed by atoms with van der Waals surface area (Å²) in [5, 5.41) is 13.9. The van der Waals surface area contributed by atoms with Crippen molar-refractivity contribution in [2.75, 3.05) is 13.1 Å². The molecule has 2 N–H and O–H groups in total. The highest BCUT2D eigenvalue weighted by Gasteiger charge is 2.26. The normalized spacial score (nSPS) is 15.0. The quantitative estimate of drug-likeness (QED) is 0.541. The Morgan fingerprint density at radius 1 is 1.07 bits per heavy atom. The van der Waals surface area contributed by atoms with E-state index in [2.05, 4.69) is 25.6 Å². The number of piperidine rings is 1. The third kappa shape index (κ3) is 3.38. The molecule has 1 aliphatic rings. The van der Waals surface area contributed by atoms with Gasteiger partial charge in [0, 0.05) is 24.7 Å². The molecule has 9 heteroatoms. The Balaban J connectivity index is 1.23.